The number of fused-ring (bicyclic) bond motifs is 4. The van der Waals surface area contributed by atoms with E-state index in [-0.39, 0.29) is 28.3 Å². The van der Waals surface area contributed by atoms with E-state index in [0.29, 0.717) is 25.2 Å². The van der Waals surface area contributed by atoms with Crippen molar-refractivity contribution in [2.75, 3.05) is 17.8 Å². The van der Waals surface area contributed by atoms with Crippen molar-refractivity contribution >= 4 is 21.6 Å². The molecule has 170 valence electrons. The lowest BCUT2D eigenvalue weighted by molar-refractivity contribution is 0.0594. The molecule has 4 heterocycles. The zero-order valence-corrected chi connectivity index (χ0v) is 18.3. The number of hydrogen-bond acceptors (Lipinski definition) is 5. The van der Waals surface area contributed by atoms with Gasteiger partial charge in [-0.2, -0.15) is 0 Å². The molecule has 1 aromatic carbocycles. The molecule has 3 aromatic rings. The average molecular weight is 469 g/mol. The first-order chi connectivity index (χ1) is 15.8. The summed E-state index contributed by atoms with van der Waals surface area (Å²) in [6, 6.07) is 11.2. The number of aromatic nitrogens is 2. The van der Waals surface area contributed by atoms with Gasteiger partial charge in [0.2, 0.25) is 0 Å². The van der Waals surface area contributed by atoms with Crippen molar-refractivity contribution < 1.29 is 17.6 Å². The first kappa shape index (κ1) is 21.3. The van der Waals surface area contributed by atoms with Crippen LogP contribution < -0.4 is 10.3 Å². The van der Waals surface area contributed by atoms with Gasteiger partial charge in [-0.25, -0.2) is 12.8 Å². The second-order valence-corrected chi connectivity index (χ2v) is 10.1. The Bertz CT molecular complexity index is 1390. The number of halogens is 1. The minimum atomic E-state index is -4.12. The number of rotatable bonds is 4. The summed E-state index contributed by atoms with van der Waals surface area (Å²) in [6.07, 6.45) is 4.01. The van der Waals surface area contributed by atoms with Gasteiger partial charge < -0.3 is 9.47 Å². The van der Waals surface area contributed by atoms with Gasteiger partial charge in [0.25, 0.3) is 21.5 Å². The lowest BCUT2D eigenvalue weighted by Gasteiger charge is -2.42. The Labute approximate surface area is 189 Å². The van der Waals surface area contributed by atoms with Crippen LogP contribution in [0.2, 0.25) is 0 Å². The molecule has 0 unspecified atom stereocenters. The number of piperidine rings is 1. The molecule has 1 amide bonds. The van der Waals surface area contributed by atoms with Gasteiger partial charge in [-0.3, -0.25) is 19.3 Å². The maximum atomic E-state index is 13.5. The molecule has 33 heavy (non-hydrogen) atoms. The summed E-state index contributed by atoms with van der Waals surface area (Å²) < 4.78 is 42.7. The van der Waals surface area contributed by atoms with Crippen molar-refractivity contribution in [2.45, 2.75) is 23.8 Å². The lowest BCUT2D eigenvalue weighted by Crippen LogP contribution is -2.49. The van der Waals surface area contributed by atoms with Crippen molar-refractivity contribution in [1.29, 1.82) is 0 Å². The lowest BCUT2D eigenvalue weighted by atomic mass is 9.83. The molecule has 2 aliphatic rings. The average Bonchev–Trinajstić information content (AvgIpc) is 2.81. The summed E-state index contributed by atoms with van der Waals surface area (Å²) in [7, 11) is -4.12. The highest BCUT2D eigenvalue weighted by Crippen LogP contribution is 2.36. The smallest absolute Gasteiger partial charge is 0.275 e. The first-order valence-electron chi connectivity index (χ1n) is 10.5. The van der Waals surface area contributed by atoms with E-state index in [4.69, 9.17) is 0 Å². The highest BCUT2D eigenvalue weighted by atomic mass is 32.2. The van der Waals surface area contributed by atoms with Crippen molar-refractivity contribution in [2.24, 2.45) is 5.92 Å². The molecule has 0 saturated carbocycles. The maximum Gasteiger partial charge on any atom is 0.275 e. The minimum absolute atomic E-state index is 0.0281. The van der Waals surface area contributed by atoms with Gasteiger partial charge in [0.1, 0.15) is 11.5 Å². The number of carbonyl (C=O) groups excluding carboxylic acids is 1. The second kappa shape index (κ2) is 8.11. The van der Waals surface area contributed by atoms with Gasteiger partial charge in [0, 0.05) is 43.6 Å². The predicted octanol–water partition coefficient (Wildman–Crippen LogP) is 2.44. The predicted molar refractivity (Wildman–Crippen MR) is 119 cm³/mol. The summed E-state index contributed by atoms with van der Waals surface area (Å²) in [4.78, 5) is 31.6. The Morgan fingerprint density at radius 2 is 1.94 bits per heavy atom. The fraction of sp³-hybridized carbons (Fsp3) is 0.261. The number of likely N-dealkylation sites (tertiary alicyclic amines) is 1. The molecule has 1 fully saturated rings. The fourth-order valence-corrected chi connectivity index (χ4v) is 5.79. The number of hydrogen-bond donors (Lipinski definition) is 1. The Morgan fingerprint density at radius 3 is 2.70 bits per heavy atom. The second-order valence-electron chi connectivity index (χ2n) is 8.40. The minimum Gasteiger partial charge on any atom is -0.338 e. The Hall–Kier alpha value is -3.53. The van der Waals surface area contributed by atoms with Crippen LogP contribution in [0.5, 0.6) is 0 Å². The van der Waals surface area contributed by atoms with Gasteiger partial charge in [-0.15, -0.1) is 0 Å². The quantitative estimate of drug-likeness (QED) is 0.634. The van der Waals surface area contributed by atoms with Gasteiger partial charge in [0.05, 0.1) is 10.5 Å². The van der Waals surface area contributed by atoms with Gasteiger partial charge >= 0.3 is 0 Å². The number of sulfonamides is 1. The molecule has 2 bridgehead atoms. The van der Waals surface area contributed by atoms with E-state index in [1.54, 1.807) is 40.1 Å². The van der Waals surface area contributed by atoms with Crippen LogP contribution in [0, 0.1) is 11.7 Å². The summed E-state index contributed by atoms with van der Waals surface area (Å²) in [5.74, 6) is -0.726. The van der Waals surface area contributed by atoms with E-state index in [1.165, 1.54) is 18.2 Å². The van der Waals surface area contributed by atoms with Gasteiger partial charge in [-0.1, -0.05) is 6.07 Å². The molecular weight excluding hydrogens is 447 g/mol. The molecule has 0 radical (unpaired) electrons. The third kappa shape index (κ3) is 4.02. The number of nitrogens with zero attached hydrogens (tertiary/aromatic N) is 3. The van der Waals surface area contributed by atoms with E-state index in [0.717, 1.165) is 24.2 Å². The van der Waals surface area contributed by atoms with E-state index in [2.05, 4.69) is 9.71 Å². The Kier molecular flexibility index (Phi) is 5.24. The van der Waals surface area contributed by atoms with Crippen LogP contribution in [0.3, 0.4) is 0 Å². The Morgan fingerprint density at radius 1 is 1.09 bits per heavy atom. The third-order valence-corrected chi connectivity index (χ3v) is 7.51. The van der Waals surface area contributed by atoms with E-state index < -0.39 is 21.4 Å². The summed E-state index contributed by atoms with van der Waals surface area (Å²) in [5, 5.41) is 0. The maximum absolute atomic E-state index is 13.5. The SMILES string of the molecule is O=C(c1cccnc1)N1C[C@@H]2C[C@H](C1)c1ccc(NS(=O)(=O)c3cccc(F)c3)c(=O)n1C2. The highest BCUT2D eigenvalue weighted by Gasteiger charge is 2.37. The Balaban J connectivity index is 1.41. The number of carbonyl (C=O) groups is 1. The molecule has 0 aliphatic carbocycles. The van der Waals surface area contributed by atoms with E-state index >= 15 is 0 Å². The van der Waals surface area contributed by atoms with Crippen molar-refractivity contribution in [3.05, 3.63) is 88.4 Å². The number of amides is 1. The van der Waals surface area contributed by atoms with E-state index in [9.17, 15) is 22.4 Å². The van der Waals surface area contributed by atoms with Crippen molar-refractivity contribution in [3.8, 4) is 0 Å². The van der Waals surface area contributed by atoms with E-state index in [1.807, 2.05) is 0 Å². The zero-order chi connectivity index (χ0) is 23.2. The van der Waals surface area contributed by atoms with Crippen LogP contribution in [-0.4, -0.2) is 41.9 Å². The molecule has 2 atom stereocenters. The molecule has 2 aliphatic heterocycles. The molecule has 2 aromatic heterocycles. The standard InChI is InChI=1S/C23H21FN4O4S/c24-18-4-1-5-19(10-18)33(31,32)26-20-6-7-21-17-9-15(13-28(21)23(20)30)12-27(14-17)22(29)16-3-2-8-25-11-16/h1-8,10-11,15,17,26H,9,12-14H2/t15-,17+/m0/s1. The normalized spacial score (nSPS) is 19.6. The summed E-state index contributed by atoms with van der Waals surface area (Å²) >= 11 is 0. The van der Waals surface area contributed by atoms with Crippen LogP contribution in [0.1, 0.15) is 28.4 Å². The van der Waals surface area contributed by atoms with Crippen LogP contribution in [0.4, 0.5) is 10.1 Å². The topological polar surface area (TPSA) is 101 Å². The number of benzene rings is 1. The number of pyridine rings is 2. The van der Waals surface area contributed by atoms with Crippen LogP contribution in [0.15, 0.2) is 70.6 Å². The molecular formula is C23H21FN4O4S. The molecule has 1 N–H and O–H groups in total. The molecule has 0 spiro atoms. The molecule has 8 nitrogen and oxygen atoms in total. The third-order valence-electron chi connectivity index (χ3n) is 6.15. The van der Waals surface area contributed by atoms with Crippen LogP contribution in [-0.2, 0) is 16.6 Å². The summed E-state index contributed by atoms with van der Waals surface area (Å²) in [5.41, 5.74) is 0.756. The molecule has 5 rings (SSSR count). The molecule has 10 heteroatoms. The van der Waals surface area contributed by atoms with Crippen LogP contribution in [0.25, 0.3) is 0 Å². The van der Waals surface area contributed by atoms with Crippen molar-refractivity contribution in [1.82, 2.24) is 14.5 Å². The fourth-order valence-electron chi connectivity index (χ4n) is 4.70. The van der Waals surface area contributed by atoms with Gasteiger partial charge in [-0.05, 0) is 54.8 Å². The largest absolute Gasteiger partial charge is 0.338 e. The number of anilines is 1. The highest BCUT2D eigenvalue weighted by molar-refractivity contribution is 7.92. The van der Waals surface area contributed by atoms with Crippen molar-refractivity contribution in [3.63, 3.8) is 0 Å². The zero-order valence-electron chi connectivity index (χ0n) is 17.5. The summed E-state index contributed by atoms with van der Waals surface area (Å²) in [6.45, 7) is 1.37. The number of nitrogens with one attached hydrogen (secondary N) is 1. The van der Waals surface area contributed by atoms with Crippen LogP contribution >= 0.6 is 0 Å². The molecule has 1 saturated heterocycles. The monoisotopic (exact) mass is 468 g/mol. The van der Waals surface area contributed by atoms with Gasteiger partial charge in [0.15, 0.2) is 0 Å². The first-order valence-corrected chi connectivity index (χ1v) is 12.0.